The number of nitrogens with one attached hydrogen (secondary N) is 1. The zero-order valence-corrected chi connectivity index (χ0v) is 20.4. The number of ether oxygens (including phenoxy) is 4. The predicted molar refractivity (Wildman–Crippen MR) is 131 cm³/mol. The molecule has 0 bridgehead atoms. The number of fused-ring (bicyclic) bond motifs is 1. The highest BCUT2D eigenvalue weighted by Gasteiger charge is 2.17. The quantitative estimate of drug-likeness (QED) is 0.391. The Balaban J connectivity index is 1.42. The highest BCUT2D eigenvalue weighted by Crippen LogP contribution is 2.39. The van der Waals surface area contributed by atoms with Crippen LogP contribution in [0.2, 0.25) is 5.28 Å². The maximum Gasteiger partial charge on any atom is 0.243 e. The zero-order chi connectivity index (χ0) is 24.4. The topological polar surface area (TPSA) is 100 Å². The van der Waals surface area contributed by atoms with Crippen LogP contribution in [0.1, 0.15) is 5.69 Å². The fourth-order valence-corrected chi connectivity index (χ4v) is 4.25. The van der Waals surface area contributed by atoms with Gasteiger partial charge in [0.1, 0.15) is 17.7 Å². The summed E-state index contributed by atoms with van der Waals surface area (Å²) in [5.74, 6) is 2.78. The van der Waals surface area contributed by atoms with Crippen LogP contribution in [0.15, 0.2) is 36.8 Å². The van der Waals surface area contributed by atoms with Gasteiger partial charge in [-0.2, -0.15) is 4.98 Å². The lowest BCUT2D eigenvalue weighted by Crippen LogP contribution is -2.36. The molecule has 0 atom stereocenters. The summed E-state index contributed by atoms with van der Waals surface area (Å²) in [7, 11) is 4.73. The van der Waals surface area contributed by atoms with Gasteiger partial charge in [-0.05, 0) is 23.7 Å². The van der Waals surface area contributed by atoms with Crippen LogP contribution in [0.4, 0.5) is 11.6 Å². The van der Waals surface area contributed by atoms with Crippen molar-refractivity contribution >= 4 is 28.8 Å². The molecule has 0 spiro atoms. The molecule has 0 radical (unpaired) electrons. The molecular weight excluding hydrogens is 474 g/mol. The first-order valence-corrected chi connectivity index (χ1v) is 11.4. The maximum absolute atomic E-state index is 6.28. The van der Waals surface area contributed by atoms with E-state index in [2.05, 4.69) is 25.3 Å². The summed E-state index contributed by atoms with van der Waals surface area (Å²) in [4.78, 5) is 11.2. The lowest BCUT2D eigenvalue weighted by molar-refractivity contribution is 0.0334. The molecule has 0 aliphatic carbocycles. The van der Waals surface area contributed by atoms with Crippen molar-refractivity contribution < 1.29 is 18.9 Å². The molecule has 4 aromatic rings. The second-order valence-corrected chi connectivity index (χ2v) is 8.25. The normalized spacial score (nSPS) is 14.3. The van der Waals surface area contributed by atoms with E-state index in [-0.39, 0.29) is 5.28 Å². The molecule has 11 nitrogen and oxygen atoms in total. The number of halogens is 1. The van der Waals surface area contributed by atoms with E-state index in [1.807, 2.05) is 39.5 Å². The van der Waals surface area contributed by atoms with E-state index in [1.54, 1.807) is 27.7 Å². The van der Waals surface area contributed by atoms with Gasteiger partial charge in [-0.3, -0.25) is 4.90 Å². The van der Waals surface area contributed by atoms with Crippen LogP contribution in [-0.2, 0) is 11.3 Å². The molecule has 1 aromatic carbocycles. The third-order valence-corrected chi connectivity index (χ3v) is 5.99. The van der Waals surface area contributed by atoms with Gasteiger partial charge >= 0.3 is 0 Å². The minimum Gasteiger partial charge on any atom is -0.493 e. The smallest absolute Gasteiger partial charge is 0.243 e. The molecule has 1 fully saturated rings. The summed E-state index contributed by atoms with van der Waals surface area (Å²) in [5, 5.41) is 7.83. The first kappa shape index (κ1) is 23.2. The van der Waals surface area contributed by atoms with Gasteiger partial charge in [0.25, 0.3) is 0 Å². The molecule has 1 saturated heterocycles. The zero-order valence-electron chi connectivity index (χ0n) is 19.7. The minimum atomic E-state index is 0.142. The average Bonchev–Trinajstić information content (AvgIpc) is 3.51. The van der Waals surface area contributed by atoms with Crippen molar-refractivity contribution in [2.45, 2.75) is 6.54 Å². The Morgan fingerprint density at radius 3 is 2.49 bits per heavy atom. The molecule has 1 N–H and O–H groups in total. The van der Waals surface area contributed by atoms with Crippen molar-refractivity contribution in [1.29, 1.82) is 0 Å². The first-order valence-electron chi connectivity index (χ1n) is 11.0. The number of imidazole rings is 1. The number of methoxy groups -OCH3 is 3. The van der Waals surface area contributed by atoms with Gasteiger partial charge in [0.15, 0.2) is 17.3 Å². The van der Waals surface area contributed by atoms with Gasteiger partial charge in [0, 0.05) is 31.8 Å². The summed E-state index contributed by atoms with van der Waals surface area (Å²) in [6.45, 7) is 3.99. The fraction of sp³-hybridized carbons (Fsp3) is 0.348. The van der Waals surface area contributed by atoms with Gasteiger partial charge in [0.2, 0.25) is 11.0 Å². The van der Waals surface area contributed by atoms with E-state index >= 15 is 0 Å². The standard InChI is InChI=1S/C23H26ClN7O4/c1-32-18-10-16(11-19(33-2)21(18)34-3)30-13-20(25-14-30)26-22-17-5-4-15(31(17)28-23(24)27-22)12-29-6-8-35-9-7-29/h4-5,10-11,13-14H,6-9,12H2,1-3H3,(H,26,27,28). The molecule has 1 aliphatic heterocycles. The number of morpholine rings is 1. The summed E-state index contributed by atoms with van der Waals surface area (Å²) >= 11 is 6.28. The molecule has 3 aromatic heterocycles. The summed E-state index contributed by atoms with van der Waals surface area (Å²) in [5.41, 5.74) is 2.62. The van der Waals surface area contributed by atoms with Gasteiger partial charge in [-0.25, -0.2) is 9.50 Å². The molecule has 35 heavy (non-hydrogen) atoms. The van der Waals surface area contributed by atoms with Crippen molar-refractivity contribution in [1.82, 2.24) is 29.0 Å². The van der Waals surface area contributed by atoms with Crippen LogP contribution < -0.4 is 19.5 Å². The molecule has 5 rings (SSSR count). The molecule has 1 aliphatic rings. The first-order chi connectivity index (χ1) is 17.1. The lowest BCUT2D eigenvalue weighted by atomic mass is 10.2. The van der Waals surface area contributed by atoms with Crippen LogP contribution in [0.25, 0.3) is 11.2 Å². The lowest BCUT2D eigenvalue weighted by Gasteiger charge is -2.26. The number of anilines is 2. The molecule has 12 heteroatoms. The monoisotopic (exact) mass is 499 g/mol. The van der Waals surface area contributed by atoms with Crippen molar-refractivity contribution in [2.75, 3.05) is 52.9 Å². The molecule has 0 amide bonds. The second kappa shape index (κ2) is 9.98. The van der Waals surface area contributed by atoms with E-state index in [4.69, 9.17) is 30.5 Å². The Bertz CT molecular complexity index is 1310. The van der Waals surface area contributed by atoms with Crippen LogP contribution in [-0.4, -0.2) is 76.7 Å². The number of hydrogen-bond acceptors (Lipinski definition) is 9. The minimum absolute atomic E-state index is 0.142. The highest BCUT2D eigenvalue weighted by molar-refractivity contribution is 6.28. The molecule has 0 saturated carbocycles. The van der Waals surface area contributed by atoms with E-state index < -0.39 is 0 Å². The number of rotatable bonds is 8. The summed E-state index contributed by atoms with van der Waals surface area (Å²) in [6, 6.07) is 7.70. The SMILES string of the molecule is COc1cc(-n2cnc(Nc3nc(Cl)nn4c(CN5CCOCC5)ccc34)c2)cc(OC)c1OC. The molecule has 4 heterocycles. The number of benzene rings is 1. The molecule has 184 valence electrons. The Morgan fingerprint density at radius 1 is 1.06 bits per heavy atom. The second-order valence-electron chi connectivity index (χ2n) is 7.91. The maximum atomic E-state index is 6.28. The Hall–Kier alpha value is -3.54. The van der Waals surface area contributed by atoms with E-state index in [0.29, 0.717) is 28.9 Å². The van der Waals surface area contributed by atoms with Gasteiger partial charge in [-0.15, -0.1) is 5.10 Å². The van der Waals surface area contributed by atoms with Gasteiger partial charge < -0.3 is 28.8 Å². The number of aromatic nitrogens is 5. The molecule has 0 unspecified atom stereocenters. The number of nitrogens with zero attached hydrogens (tertiary/aromatic N) is 6. The van der Waals surface area contributed by atoms with Crippen LogP contribution in [0.3, 0.4) is 0 Å². The van der Waals surface area contributed by atoms with Crippen LogP contribution >= 0.6 is 11.6 Å². The predicted octanol–water partition coefficient (Wildman–Crippen LogP) is 3.17. The summed E-state index contributed by atoms with van der Waals surface area (Å²) in [6.07, 6.45) is 3.52. The van der Waals surface area contributed by atoms with Crippen molar-refractivity contribution in [3.05, 3.63) is 47.8 Å². The Morgan fingerprint density at radius 2 is 1.80 bits per heavy atom. The molecular formula is C23H26ClN7O4. The number of hydrogen-bond donors (Lipinski definition) is 1. The van der Waals surface area contributed by atoms with E-state index in [9.17, 15) is 0 Å². The van der Waals surface area contributed by atoms with Crippen molar-refractivity contribution in [3.8, 4) is 22.9 Å². The third kappa shape index (κ3) is 4.70. The van der Waals surface area contributed by atoms with Crippen molar-refractivity contribution in [3.63, 3.8) is 0 Å². The van der Waals surface area contributed by atoms with Crippen LogP contribution in [0, 0.1) is 0 Å². The summed E-state index contributed by atoms with van der Waals surface area (Å²) < 4.78 is 25.4. The fourth-order valence-electron chi connectivity index (χ4n) is 4.09. The van der Waals surface area contributed by atoms with Crippen LogP contribution in [0.5, 0.6) is 17.2 Å². The highest BCUT2D eigenvalue weighted by atomic mass is 35.5. The average molecular weight is 500 g/mol. The Labute approximate surface area is 207 Å². The Kier molecular flexibility index (Phi) is 6.62. The van der Waals surface area contributed by atoms with E-state index in [0.717, 1.165) is 49.7 Å². The van der Waals surface area contributed by atoms with Crippen molar-refractivity contribution in [2.24, 2.45) is 0 Å². The third-order valence-electron chi connectivity index (χ3n) is 5.83. The van der Waals surface area contributed by atoms with E-state index in [1.165, 1.54) is 0 Å². The van der Waals surface area contributed by atoms with Gasteiger partial charge in [-0.1, -0.05) is 0 Å². The van der Waals surface area contributed by atoms with Gasteiger partial charge in [0.05, 0.1) is 52.1 Å². The largest absolute Gasteiger partial charge is 0.493 e.